The number of nitrogens with two attached hydrogens (primary N) is 1. The van der Waals surface area contributed by atoms with Gasteiger partial charge in [0.05, 0.1) is 5.41 Å². The summed E-state index contributed by atoms with van der Waals surface area (Å²) < 4.78 is 0. The summed E-state index contributed by atoms with van der Waals surface area (Å²) in [4.78, 5) is 12.5. The van der Waals surface area contributed by atoms with Crippen molar-refractivity contribution in [1.29, 1.82) is 0 Å². The third-order valence-corrected chi connectivity index (χ3v) is 4.01. The smallest absolute Gasteiger partial charge is 0.227 e. The van der Waals surface area contributed by atoms with Crippen LogP contribution in [0.1, 0.15) is 65.7 Å². The van der Waals surface area contributed by atoms with E-state index in [2.05, 4.69) is 26.1 Å². The topological polar surface area (TPSA) is 55.1 Å². The van der Waals surface area contributed by atoms with Crippen LogP contribution in [0.25, 0.3) is 0 Å². The zero-order chi connectivity index (χ0) is 12.9. The van der Waals surface area contributed by atoms with Gasteiger partial charge in [-0.25, -0.2) is 0 Å². The van der Waals surface area contributed by atoms with E-state index in [1.165, 1.54) is 6.42 Å². The highest BCUT2D eigenvalue weighted by atomic mass is 16.2. The molecule has 3 heteroatoms. The first kappa shape index (κ1) is 14.5. The molecule has 17 heavy (non-hydrogen) atoms. The monoisotopic (exact) mass is 240 g/mol. The van der Waals surface area contributed by atoms with Gasteiger partial charge in [-0.2, -0.15) is 0 Å². The highest BCUT2D eigenvalue weighted by Crippen LogP contribution is 2.36. The van der Waals surface area contributed by atoms with E-state index in [1.807, 2.05) is 0 Å². The summed E-state index contributed by atoms with van der Waals surface area (Å²) in [7, 11) is 0. The summed E-state index contributed by atoms with van der Waals surface area (Å²) in [6.07, 6.45) is 7.53. The molecule has 0 saturated heterocycles. The van der Waals surface area contributed by atoms with Crippen LogP contribution in [0.5, 0.6) is 0 Å². The number of amides is 1. The molecule has 0 unspecified atom stereocenters. The summed E-state index contributed by atoms with van der Waals surface area (Å²) in [5, 5.41) is 3.20. The maximum Gasteiger partial charge on any atom is 0.227 e. The van der Waals surface area contributed by atoms with Crippen LogP contribution in [0, 0.1) is 5.41 Å². The molecule has 1 amide bonds. The lowest BCUT2D eigenvalue weighted by Gasteiger charge is -2.38. The third kappa shape index (κ3) is 3.70. The van der Waals surface area contributed by atoms with Crippen LogP contribution in [-0.2, 0) is 4.79 Å². The Morgan fingerprint density at radius 1 is 1.29 bits per heavy atom. The highest BCUT2D eigenvalue weighted by Gasteiger charge is 2.39. The number of carbonyl (C=O) groups is 1. The van der Waals surface area contributed by atoms with Crippen molar-refractivity contribution in [2.45, 2.75) is 71.3 Å². The molecule has 0 bridgehead atoms. The Morgan fingerprint density at radius 2 is 1.88 bits per heavy atom. The van der Waals surface area contributed by atoms with Crippen LogP contribution in [0.15, 0.2) is 0 Å². The number of nitrogens with one attached hydrogen (secondary N) is 1. The predicted octanol–water partition coefficient (Wildman–Crippen LogP) is 2.59. The molecule has 0 aromatic carbocycles. The number of rotatable bonds is 5. The molecule has 1 aliphatic carbocycles. The molecule has 0 radical (unpaired) electrons. The van der Waals surface area contributed by atoms with Crippen molar-refractivity contribution in [3.8, 4) is 0 Å². The van der Waals surface area contributed by atoms with Gasteiger partial charge in [-0.05, 0) is 33.1 Å². The molecule has 1 saturated carbocycles. The number of carbonyl (C=O) groups excluding carboxylic acids is 1. The fraction of sp³-hybridized carbons (Fsp3) is 0.929. The minimum absolute atomic E-state index is 0.106. The first-order chi connectivity index (χ1) is 7.96. The molecule has 1 fully saturated rings. The van der Waals surface area contributed by atoms with Crippen LogP contribution in [-0.4, -0.2) is 18.0 Å². The molecule has 100 valence electrons. The number of hydrogen-bond acceptors (Lipinski definition) is 2. The van der Waals surface area contributed by atoms with Crippen LogP contribution < -0.4 is 11.1 Å². The molecule has 0 heterocycles. The minimum atomic E-state index is -0.288. The molecule has 0 aromatic rings. The van der Waals surface area contributed by atoms with Gasteiger partial charge in [0.2, 0.25) is 5.91 Å². The van der Waals surface area contributed by atoms with Gasteiger partial charge in [-0.3, -0.25) is 4.79 Å². The maximum atomic E-state index is 12.5. The lowest BCUT2D eigenvalue weighted by atomic mass is 9.73. The van der Waals surface area contributed by atoms with Gasteiger partial charge in [0, 0.05) is 12.1 Å². The van der Waals surface area contributed by atoms with Crippen LogP contribution in [0.3, 0.4) is 0 Å². The van der Waals surface area contributed by atoms with E-state index in [0.717, 1.165) is 38.5 Å². The Kier molecular flexibility index (Phi) is 4.99. The summed E-state index contributed by atoms with van der Waals surface area (Å²) in [5.41, 5.74) is 5.48. The van der Waals surface area contributed by atoms with E-state index in [4.69, 9.17) is 5.73 Å². The Labute approximate surface area is 106 Å². The summed E-state index contributed by atoms with van der Waals surface area (Å²) >= 11 is 0. The van der Waals surface area contributed by atoms with Crippen LogP contribution in [0.2, 0.25) is 0 Å². The van der Waals surface area contributed by atoms with Crippen molar-refractivity contribution < 1.29 is 4.79 Å². The summed E-state index contributed by atoms with van der Waals surface area (Å²) in [6, 6.07) is 0. The normalized spacial score (nSPS) is 20.0. The van der Waals surface area contributed by atoms with Crippen LogP contribution in [0.4, 0.5) is 0 Å². The molecule has 0 spiro atoms. The SMILES string of the molecule is CCCC(C)(C)NC(=O)C1(CN)CCCCC1. The van der Waals surface area contributed by atoms with Crippen molar-refractivity contribution in [2.24, 2.45) is 11.1 Å². The Hall–Kier alpha value is -0.570. The van der Waals surface area contributed by atoms with Gasteiger partial charge in [0.1, 0.15) is 0 Å². The largest absolute Gasteiger partial charge is 0.351 e. The van der Waals surface area contributed by atoms with E-state index < -0.39 is 0 Å². The van der Waals surface area contributed by atoms with Crippen LogP contribution >= 0.6 is 0 Å². The van der Waals surface area contributed by atoms with E-state index in [0.29, 0.717) is 6.54 Å². The fourth-order valence-corrected chi connectivity index (χ4v) is 2.88. The summed E-state index contributed by atoms with van der Waals surface area (Å²) in [5.74, 6) is 0.179. The summed E-state index contributed by atoms with van der Waals surface area (Å²) in [6.45, 7) is 6.83. The molecule has 0 aliphatic heterocycles. The second-order valence-corrected chi connectivity index (χ2v) is 6.13. The van der Waals surface area contributed by atoms with Crippen molar-refractivity contribution >= 4 is 5.91 Å². The maximum absolute atomic E-state index is 12.5. The average molecular weight is 240 g/mol. The second kappa shape index (κ2) is 5.85. The third-order valence-electron chi connectivity index (χ3n) is 4.01. The van der Waals surface area contributed by atoms with E-state index in [9.17, 15) is 4.79 Å². The lowest BCUT2D eigenvalue weighted by Crippen LogP contribution is -2.53. The lowest BCUT2D eigenvalue weighted by molar-refractivity contribution is -0.134. The van der Waals surface area contributed by atoms with Gasteiger partial charge >= 0.3 is 0 Å². The standard InChI is InChI=1S/C14H28N2O/c1-4-8-13(2,3)16-12(17)14(11-15)9-6-5-7-10-14/h4-11,15H2,1-3H3,(H,16,17). The molecule has 3 nitrogen and oxygen atoms in total. The molecule has 0 aromatic heterocycles. The quantitative estimate of drug-likeness (QED) is 0.776. The Morgan fingerprint density at radius 3 is 2.35 bits per heavy atom. The van der Waals surface area contributed by atoms with E-state index in [-0.39, 0.29) is 16.9 Å². The zero-order valence-corrected chi connectivity index (χ0v) is 11.6. The van der Waals surface area contributed by atoms with Gasteiger partial charge in [0.15, 0.2) is 0 Å². The van der Waals surface area contributed by atoms with Gasteiger partial charge in [-0.15, -0.1) is 0 Å². The van der Waals surface area contributed by atoms with Gasteiger partial charge < -0.3 is 11.1 Å². The molecule has 0 atom stereocenters. The molecule has 1 aliphatic rings. The van der Waals surface area contributed by atoms with Crippen molar-refractivity contribution in [2.75, 3.05) is 6.54 Å². The Bertz CT molecular complexity index is 255. The second-order valence-electron chi connectivity index (χ2n) is 6.13. The van der Waals surface area contributed by atoms with Gasteiger partial charge in [-0.1, -0.05) is 32.6 Å². The van der Waals surface area contributed by atoms with E-state index in [1.54, 1.807) is 0 Å². The van der Waals surface area contributed by atoms with Crippen molar-refractivity contribution in [3.05, 3.63) is 0 Å². The molecule has 1 rings (SSSR count). The molecular weight excluding hydrogens is 212 g/mol. The van der Waals surface area contributed by atoms with Crippen molar-refractivity contribution in [3.63, 3.8) is 0 Å². The van der Waals surface area contributed by atoms with Crippen molar-refractivity contribution in [1.82, 2.24) is 5.32 Å². The Balaban J connectivity index is 2.66. The molecular formula is C14H28N2O. The predicted molar refractivity (Wildman–Crippen MR) is 71.7 cm³/mol. The number of hydrogen-bond donors (Lipinski definition) is 2. The minimum Gasteiger partial charge on any atom is -0.351 e. The first-order valence-corrected chi connectivity index (χ1v) is 6.98. The average Bonchev–Trinajstić information content (AvgIpc) is 2.29. The first-order valence-electron chi connectivity index (χ1n) is 6.98. The van der Waals surface area contributed by atoms with Gasteiger partial charge in [0.25, 0.3) is 0 Å². The zero-order valence-electron chi connectivity index (χ0n) is 11.6. The fourth-order valence-electron chi connectivity index (χ4n) is 2.88. The van der Waals surface area contributed by atoms with E-state index >= 15 is 0 Å². The highest BCUT2D eigenvalue weighted by molar-refractivity contribution is 5.83. The molecule has 3 N–H and O–H groups in total.